The first-order valence-corrected chi connectivity index (χ1v) is 5.56. The van der Waals surface area contributed by atoms with E-state index in [0.717, 1.165) is 0 Å². The lowest BCUT2D eigenvalue weighted by molar-refractivity contribution is -0.253. The second-order valence-electron chi connectivity index (χ2n) is 4.10. The number of nitrogens with one attached hydrogen (secondary N) is 2. The molecule has 9 heteroatoms. The first-order valence-electron chi connectivity index (χ1n) is 5.56. The van der Waals surface area contributed by atoms with Crippen LogP contribution >= 0.6 is 0 Å². The Morgan fingerprint density at radius 3 is 2.37 bits per heavy atom. The Labute approximate surface area is 109 Å². The Morgan fingerprint density at radius 2 is 1.84 bits per heavy atom. The predicted molar refractivity (Wildman–Crippen MR) is 60.3 cm³/mol. The van der Waals surface area contributed by atoms with E-state index >= 15 is 0 Å². The maximum atomic E-state index is 11.4. The minimum Gasteiger partial charge on any atom is -0.394 e. The number of rotatable bonds is 4. The van der Waals surface area contributed by atoms with Gasteiger partial charge in [-0.15, -0.1) is 0 Å². The summed E-state index contributed by atoms with van der Waals surface area (Å²) < 4.78 is 4.84. The fourth-order valence-corrected chi connectivity index (χ4v) is 1.67. The van der Waals surface area contributed by atoms with Crippen LogP contribution < -0.4 is 10.6 Å². The van der Waals surface area contributed by atoms with E-state index in [-0.39, 0.29) is 0 Å². The maximum Gasteiger partial charge on any atom is 0.239 e. The summed E-state index contributed by atoms with van der Waals surface area (Å²) in [6.45, 7) is 2.02. The van der Waals surface area contributed by atoms with E-state index in [1.165, 1.54) is 0 Å². The van der Waals surface area contributed by atoms with Crippen molar-refractivity contribution in [2.24, 2.45) is 0 Å². The largest absolute Gasteiger partial charge is 0.394 e. The van der Waals surface area contributed by atoms with Gasteiger partial charge in [0.1, 0.15) is 24.4 Å². The molecule has 0 aliphatic carbocycles. The summed E-state index contributed by atoms with van der Waals surface area (Å²) >= 11 is 0. The molecule has 0 spiro atoms. The molecular weight excluding hydrogens is 260 g/mol. The van der Waals surface area contributed by atoms with E-state index < -0.39 is 55.6 Å². The van der Waals surface area contributed by atoms with Crippen molar-refractivity contribution >= 4 is 11.8 Å². The van der Waals surface area contributed by atoms with Crippen LogP contribution in [0.3, 0.4) is 0 Å². The van der Waals surface area contributed by atoms with Gasteiger partial charge in [-0.3, -0.25) is 9.59 Å². The van der Waals surface area contributed by atoms with E-state index in [4.69, 9.17) is 9.84 Å². The van der Waals surface area contributed by atoms with Crippen LogP contribution in [0.1, 0.15) is 0 Å². The summed E-state index contributed by atoms with van der Waals surface area (Å²) in [6.07, 6.45) is -5.70. The maximum absolute atomic E-state index is 11.4. The molecular formula is C10H17N2O7. The van der Waals surface area contributed by atoms with Crippen LogP contribution in [0.4, 0.5) is 0 Å². The molecule has 109 valence electrons. The van der Waals surface area contributed by atoms with Crippen LogP contribution in [0, 0.1) is 6.92 Å². The molecule has 1 aliphatic rings. The highest BCUT2D eigenvalue weighted by Gasteiger charge is 2.44. The highest BCUT2D eigenvalue weighted by molar-refractivity contribution is 5.86. The normalized spacial score (nSPS) is 34.7. The molecule has 1 rings (SSSR count). The number of hydrogen-bond donors (Lipinski definition) is 6. The summed E-state index contributed by atoms with van der Waals surface area (Å²) in [7, 11) is 0. The molecule has 9 nitrogen and oxygen atoms in total. The monoisotopic (exact) mass is 277 g/mol. The molecule has 5 atom stereocenters. The number of carbonyl (C=O) groups excluding carboxylic acids is 2. The Morgan fingerprint density at radius 1 is 1.21 bits per heavy atom. The molecule has 1 saturated heterocycles. The second kappa shape index (κ2) is 6.78. The molecule has 19 heavy (non-hydrogen) atoms. The zero-order valence-electron chi connectivity index (χ0n) is 10.0. The topological polar surface area (TPSA) is 148 Å². The first kappa shape index (κ1) is 15.8. The summed E-state index contributed by atoms with van der Waals surface area (Å²) in [5.41, 5.74) is 0. The van der Waals surface area contributed by atoms with Gasteiger partial charge in [0.25, 0.3) is 0 Å². The predicted octanol–water partition coefficient (Wildman–Crippen LogP) is -4.15. The van der Waals surface area contributed by atoms with Crippen LogP contribution in [0.2, 0.25) is 0 Å². The quantitative estimate of drug-likeness (QED) is 0.305. The van der Waals surface area contributed by atoms with E-state index in [1.54, 1.807) is 0 Å². The van der Waals surface area contributed by atoms with Crippen LogP contribution in [0.25, 0.3) is 0 Å². The summed E-state index contributed by atoms with van der Waals surface area (Å²) in [4.78, 5) is 21.9. The minimum absolute atomic E-state index is 0.391. The smallest absolute Gasteiger partial charge is 0.239 e. The van der Waals surface area contributed by atoms with Gasteiger partial charge in [-0.25, -0.2) is 0 Å². The molecule has 1 radical (unpaired) electrons. The van der Waals surface area contributed by atoms with Crippen molar-refractivity contribution in [2.45, 2.75) is 30.6 Å². The molecule has 1 heterocycles. The van der Waals surface area contributed by atoms with Gasteiger partial charge in [-0.2, -0.15) is 0 Å². The Balaban J connectivity index is 2.57. The van der Waals surface area contributed by atoms with Gasteiger partial charge in [-0.05, 0) is 0 Å². The van der Waals surface area contributed by atoms with Gasteiger partial charge in [0, 0.05) is 6.92 Å². The lowest BCUT2D eigenvalue weighted by Gasteiger charge is -2.40. The number of amides is 2. The molecule has 0 saturated carbocycles. The van der Waals surface area contributed by atoms with Crippen molar-refractivity contribution < 1.29 is 34.8 Å². The lowest BCUT2D eigenvalue weighted by Crippen LogP contribution is -2.64. The Bertz CT molecular complexity index is 338. The van der Waals surface area contributed by atoms with Crippen molar-refractivity contribution in [2.75, 3.05) is 13.2 Å². The van der Waals surface area contributed by atoms with Crippen molar-refractivity contribution in [3.05, 3.63) is 6.92 Å². The number of carbonyl (C=O) groups is 2. The van der Waals surface area contributed by atoms with Crippen molar-refractivity contribution in [1.29, 1.82) is 0 Å². The summed E-state index contributed by atoms with van der Waals surface area (Å²) in [5.74, 6) is -1.35. The van der Waals surface area contributed by atoms with Gasteiger partial charge >= 0.3 is 0 Å². The van der Waals surface area contributed by atoms with Gasteiger partial charge in [0.05, 0.1) is 13.2 Å². The number of aliphatic hydroxyl groups excluding tert-OH is 4. The van der Waals surface area contributed by atoms with Crippen molar-refractivity contribution in [1.82, 2.24) is 10.6 Å². The Hall–Kier alpha value is -1.26. The number of ether oxygens (including phenoxy) is 1. The Kier molecular flexibility index (Phi) is 5.63. The van der Waals surface area contributed by atoms with E-state index in [0.29, 0.717) is 0 Å². The average Bonchev–Trinajstić information content (AvgIpc) is 2.36. The molecule has 1 fully saturated rings. The molecule has 6 N–H and O–H groups in total. The minimum atomic E-state index is -1.59. The third-order valence-electron chi connectivity index (χ3n) is 2.67. The van der Waals surface area contributed by atoms with E-state index in [9.17, 15) is 24.9 Å². The molecule has 5 unspecified atom stereocenters. The molecule has 0 aromatic heterocycles. The van der Waals surface area contributed by atoms with Gasteiger partial charge in [0.2, 0.25) is 11.8 Å². The average molecular weight is 277 g/mol. The third kappa shape index (κ3) is 4.11. The summed E-state index contributed by atoms with van der Waals surface area (Å²) in [6, 6.07) is -1.27. The molecule has 2 amide bonds. The van der Waals surface area contributed by atoms with Gasteiger partial charge in [-0.1, -0.05) is 0 Å². The standard InChI is InChI=1S/C10H17N2O7/c1-4(14)11-2-6(15)12-7-9(17)8(16)5(3-13)19-10(7)18/h5,7-10,13,16-18H,1-3H2,(H,11,14)(H,12,15). The van der Waals surface area contributed by atoms with Crippen LogP contribution in [-0.4, -0.2) is 76.0 Å². The van der Waals surface area contributed by atoms with E-state index in [1.807, 2.05) is 0 Å². The second-order valence-corrected chi connectivity index (χ2v) is 4.10. The zero-order chi connectivity index (χ0) is 14.6. The molecule has 0 bridgehead atoms. The van der Waals surface area contributed by atoms with Gasteiger partial charge < -0.3 is 35.8 Å². The number of aliphatic hydroxyl groups is 4. The van der Waals surface area contributed by atoms with E-state index in [2.05, 4.69) is 17.6 Å². The highest BCUT2D eigenvalue weighted by Crippen LogP contribution is 2.19. The van der Waals surface area contributed by atoms with Crippen LogP contribution in [0.5, 0.6) is 0 Å². The first-order chi connectivity index (χ1) is 8.86. The summed E-state index contributed by atoms with van der Waals surface area (Å²) in [5, 5.41) is 42.1. The fraction of sp³-hybridized carbons (Fsp3) is 0.700. The van der Waals surface area contributed by atoms with Crippen LogP contribution in [-0.2, 0) is 14.3 Å². The molecule has 1 aliphatic heterocycles. The van der Waals surface area contributed by atoms with Gasteiger partial charge in [0.15, 0.2) is 6.29 Å². The molecule has 0 aromatic carbocycles. The fourth-order valence-electron chi connectivity index (χ4n) is 1.67. The molecule has 0 aromatic rings. The van der Waals surface area contributed by atoms with Crippen LogP contribution in [0.15, 0.2) is 0 Å². The van der Waals surface area contributed by atoms with Crippen molar-refractivity contribution in [3.8, 4) is 0 Å². The lowest BCUT2D eigenvalue weighted by atomic mass is 9.97. The highest BCUT2D eigenvalue weighted by atomic mass is 16.6. The number of hydrogen-bond acceptors (Lipinski definition) is 7. The SMILES string of the molecule is [CH2]C(=O)NCC(=O)NC1C(O)OC(CO)C(O)C1O. The zero-order valence-corrected chi connectivity index (χ0v) is 10.0. The van der Waals surface area contributed by atoms with Crippen molar-refractivity contribution in [3.63, 3.8) is 0 Å². The third-order valence-corrected chi connectivity index (χ3v) is 2.67.